The van der Waals surface area contributed by atoms with Crippen LogP contribution in [-0.4, -0.2) is 47.1 Å². The van der Waals surface area contributed by atoms with Gasteiger partial charge >= 0.3 is 0 Å². The first-order valence-corrected chi connectivity index (χ1v) is 11.8. The second kappa shape index (κ2) is 10.3. The third-order valence-corrected chi connectivity index (χ3v) is 5.95. The molecular weight excluding hydrogens is 414 g/mol. The van der Waals surface area contributed by atoms with Crippen LogP contribution in [0, 0.1) is 0 Å². The number of nitrogens with zero attached hydrogens (tertiary/aromatic N) is 3. The van der Waals surface area contributed by atoms with Gasteiger partial charge in [-0.25, -0.2) is 18.4 Å². The van der Waals surface area contributed by atoms with Gasteiger partial charge in [0.2, 0.25) is 16.0 Å². The van der Waals surface area contributed by atoms with Crippen LogP contribution in [0.4, 0.5) is 5.95 Å². The smallest absolute Gasteiger partial charge is 0.223 e. The SMILES string of the molecule is CS(=O)(=O)N(CCCN)Cc1cccc(-c2ccnc(NCc3ccc(O)cc3)n2)c1. The first-order chi connectivity index (χ1) is 14.8. The number of nitrogens with one attached hydrogen (secondary N) is 1. The van der Waals surface area contributed by atoms with Gasteiger partial charge in [-0.05, 0) is 48.4 Å². The fourth-order valence-electron chi connectivity index (χ4n) is 3.06. The molecule has 0 spiro atoms. The van der Waals surface area contributed by atoms with E-state index in [1.165, 1.54) is 10.6 Å². The van der Waals surface area contributed by atoms with Gasteiger partial charge in [-0.2, -0.15) is 4.31 Å². The van der Waals surface area contributed by atoms with Crippen LogP contribution < -0.4 is 11.1 Å². The maximum Gasteiger partial charge on any atom is 0.223 e. The molecule has 0 saturated heterocycles. The molecule has 9 heteroatoms. The lowest BCUT2D eigenvalue weighted by molar-refractivity contribution is 0.405. The lowest BCUT2D eigenvalue weighted by Crippen LogP contribution is -2.31. The zero-order valence-corrected chi connectivity index (χ0v) is 18.2. The molecule has 0 fully saturated rings. The van der Waals surface area contributed by atoms with E-state index in [0.29, 0.717) is 32.0 Å². The molecule has 0 bridgehead atoms. The average Bonchev–Trinajstić information content (AvgIpc) is 2.76. The number of nitrogens with two attached hydrogens (primary N) is 1. The molecule has 3 aromatic rings. The molecule has 8 nitrogen and oxygen atoms in total. The van der Waals surface area contributed by atoms with Crippen molar-refractivity contribution in [2.24, 2.45) is 5.73 Å². The summed E-state index contributed by atoms with van der Waals surface area (Å²) in [7, 11) is -3.33. The lowest BCUT2D eigenvalue weighted by atomic mass is 10.1. The van der Waals surface area contributed by atoms with Gasteiger partial charge < -0.3 is 16.2 Å². The summed E-state index contributed by atoms with van der Waals surface area (Å²) in [6.45, 7) is 1.63. The van der Waals surface area contributed by atoms with E-state index in [2.05, 4.69) is 15.3 Å². The Bertz CT molecular complexity index is 1100. The van der Waals surface area contributed by atoms with E-state index in [1.54, 1.807) is 18.3 Å². The number of hydrogen-bond donors (Lipinski definition) is 3. The summed E-state index contributed by atoms with van der Waals surface area (Å²) in [5, 5.41) is 12.6. The third kappa shape index (κ3) is 6.74. The van der Waals surface area contributed by atoms with Crippen LogP contribution in [0.2, 0.25) is 0 Å². The molecule has 31 heavy (non-hydrogen) atoms. The molecule has 1 heterocycles. The Balaban J connectivity index is 1.74. The molecular formula is C22H27N5O3S. The Hall–Kier alpha value is -3.01. The molecule has 0 radical (unpaired) electrons. The Kier molecular flexibility index (Phi) is 7.56. The van der Waals surface area contributed by atoms with Crippen molar-refractivity contribution in [1.82, 2.24) is 14.3 Å². The predicted octanol–water partition coefficient (Wildman–Crippen LogP) is 2.57. The molecule has 0 saturated carbocycles. The van der Waals surface area contributed by atoms with Crippen LogP contribution in [0.1, 0.15) is 17.5 Å². The predicted molar refractivity (Wildman–Crippen MR) is 122 cm³/mol. The molecule has 0 aliphatic rings. The molecule has 0 atom stereocenters. The van der Waals surface area contributed by atoms with Crippen LogP contribution in [-0.2, 0) is 23.1 Å². The molecule has 1 aromatic heterocycles. The number of rotatable bonds is 10. The van der Waals surface area contributed by atoms with Crippen molar-refractivity contribution in [2.75, 3.05) is 24.7 Å². The highest BCUT2D eigenvalue weighted by Gasteiger charge is 2.16. The summed E-state index contributed by atoms with van der Waals surface area (Å²) in [6.07, 6.45) is 3.50. The van der Waals surface area contributed by atoms with Crippen LogP contribution in [0.25, 0.3) is 11.3 Å². The second-order valence-corrected chi connectivity index (χ2v) is 9.21. The highest BCUT2D eigenvalue weighted by molar-refractivity contribution is 7.88. The van der Waals surface area contributed by atoms with E-state index < -0.39 is 10.0 Å². The highest BCUT2D eigenvalue weighted by Crippen LogP contribution is 2.21. The zero-order chi connectivity index (χ0) is 22.3. The summed E-state index contributed by atoms with van der Waals surface area (Å²) in [4.78, 5) is 8.84. The van der Waals surface area contributed by atoms with Crippen molar-refractivity contribution < 1.29 is 13.5 Å². The summed E-state index contributed by atoms with van der Waals surface area (Å²) >= 11 is 0. The number of phenolic OH excluding ortho intramolecular Hbond substituents is 1. The van der Waals surface area contributed by atoms with E-state index in [4.69, 9.17) is 5.73 Å². The first kappa shape index (κ1) is 22.7. The van der Waals surface area contributed by atoms with Gasteiger partial charge in [0.15, 0.2) is 0 Å². The van der Waals surface area contributed by atoms with Crippen molar-refractivity contribution in [3.05, 3.63) is 71.9 Å². The molecule has 2 aromatic carbocycles. The number of phenols is 1. The second-order valence-electron chi connectivity index (χ2n) is 7.22. The number of benzene rings is 2. The number of hydrogen-bond acceptors (Lipinski definition) is 7. The number of aromatic hydroxyl groups is 1. The minimum absolute atomic E-state index is 0.222. The lowest BCUT2D eigenvalue weighted by Gasteiger charge is -2.20. The van der Waals surface area contributed by atoms with Gasteiger partial charge in [-0.3, -0.25) is 0 Å². The minimum atomic E-state index is -3.33. The van der Waals surface area contributed by atoms with Crippen LogP contribution in [0.5, 0.6) is 5.75 Å². The number of aromatic nitrogens is 2. The molecule has 3 rings (SSSR count). The number of anilines is 1. The summed E-state index contributed by atoms with van der Waals surface area (Å²) in [5.41, 5.74) is 9.02. The molecule has 0 unspecified atom stereocenters. The van der Waals surface area contributed by atoms with Crippen molar-refractivity contribution >= 4 is 16.0 Å². The summed E-state index contributed by atoms with van der Waals surface area (Å²) < 4.78 is 25.6. The van der Waals surface area contributed by atoms with Gasteiger partial charge in [0.05, 0.1) is 11.9 Å². The Morgan fingerprint density at radius 2 is 1.87 bits per heavy atom. The monoisotopic (exact) mass is 441 g/mol. The molecule has 4 N–H and O–H groups in total. The number of sulfonamides is 1. The largest absolute Gasteiger partial charge is 0.508 e. The molecule has 0 amide bonds. The standard InChI is InChI=1S/C22H27N5O3S/c1-31(29,30)27(13-3-11-23)16-18-4-2-5-19(14-18)21-10-12-24-22(26-21)25-15-17-6-8-20(28)9-7-17/h2,4-10,12,14,28H,3,11,13,15-16,23H2,1H3,(H,24,25,26). The topological polar surface area (TPSA) is 121 Å². The maximum absolute atomic E-state index is 12.1. The van der Waals surface area contributed by atoms with Crippen LogP contribution in [0.15, 0.2) is 60.8 Å². The molecule has 0 aliphatic heterocycles. The van der Waals surface area contributed by atoms with Gasteiger partial charge in [0.1, 0.15) is 5.75 Å². The zero-order valence-electron chi connectivity index (χ0n) is 17.4. The van der Waals surface area contributed by atoms with E-state index in [-0.39, 0.29) is 12.3 Å². The van der Waals surface area contributed by atoms with E-state index >= 15 is 0 Å². The van der Waals surface area contributed by atoms with Crippen molar-refractivity contribution in [3.8, 4) is 17.0 Å². The fourth-order valence-corrected chi connectivity index (χ4v) is 3.91. The van der Waals surface area contributed by atoms with Crippen molar-refractivity contribution in [1.29, 1.82) is 0 Å². The van der Waals surface area contributed by atoms with Crippen molar-refractivity contribution in [2.45, 2.75) is 19.5 Å². The van der Waals surface area contributed by atoms with Gasteiger partial charge in [-0.15, -0.1) is 0 Å². The molecule has 0 aliphatic carbocycles. The Labute approximate surface area is 182 Å². The normalized spacial score (nSPS) is 11.6. The Morgan fingerprint density at radius 3 is 2.58 bits per heavy atom. The summed E-state index contributed by atoms with van der Waals surface area (Å²) in [5.74, 6) is 0.705. The first-order valence-electron chi connectivity index (χ1n) is 9.94. The quantitative estimate of drug-likeness (QED) is 0.442. The van der Waals surface area contributed by atoms with Gasteiger partial charge in [0.25, 0.3) is 0 Å². The van der Waals surface area contributed by atoms with E-state index in [0.717, 1.165) is 22.4 Å². The van der Waals surface area contributed by atoms with E-state index in [1.807, 2.05) is 42.5 Å². The summed E-state index contributed by atoms with van der Waals surface area (Å²) in [6, 6.07) is 16.4. The van der Waals surface area contributed by atoms with Gasteiger partial charge in [0, 0.05) is 31.4 Å². The van der Waals surface area contributed by atoms with Gasteiger partial charge in [-0.1, -0.05) is 30.3 Å². The fraction of sp³-hybridized carbons (Fsp3) is 0.273. The Morgan fingerprint density at radius 1 is 1.10 bits per heavy atom. The van der Waals surface area contributed by atoms with Crippen molar-refractivity contribution in [3.63, 3.8) is 0 Å². The highest BCUT2D eigenvalue weighted by atomic mass is 32.2. The van der Waals surface area contributed by atoms with Crippen LogP contribution >= 0.6 is 0 Å². The third-order valence-electron chi connectivity index (χ3n) is 4.70. The minimum Gasteiger partial charge on any atom is -0.508 e. The average molecular weight is 442 g/mol. The van der Waals surface area contributed by atoms with E-state index in [9.17, 15) is 13.5 Å². The van der Waals surface area contributed by atoms with Crippen LogP contribution in [0.3, 0.4) is 0 Å². The maximum atomic E-state index is 12.1. The molecule has 164 valence electrons.